The molecule has 1 aromatic carbocycles. The van der Waals surface area contributed by atoms with E-state index in [0.29, 0.717) is 5.92 Å². The molecule has 3 aromatic heterocycles. The van der Waals surface area contributed by atoms with Gasteiger partial charge >= 0.3 is 0 Å². The van der Waals surface area contributed by atoms with Crippen LogP contribution in [0.5, 0.6) is 0 Å². The van der Waals surface area contributed by atoms with Gasteiger partial charge in [0.1, 0.15) is 0 Å². The lowest BCUT2D eigenvalue weighted by Gasteiger charge is -2.26. The number of rotatable bonds is 6. The molecule has 1 N–H and O–H groups in total. The number of ether oxygens (including phenoxy) is 1. The number of nitrogens with zero attached hydrogens (tertiary/aromatic N) is 5. The van der Waals surface area contributed by atoms with Crippen LogP contribution in [0.3, 0.4) is 0 Å². The zero-order valence-corrected chi connectivity index (χ0v) is 21.7. The van der Waals surface area contributed by atoms with E-state index in [1.165, 1.54) is 6.26 Å². The van der Waals surface area contributed by atoms with Gasteiger partial charge in [-0.2, -0.15) is 0 Å². The largest absolute Gasteiger partial charge is 0.381 e. The summed E-state index contributed by atoms with van der Waals surface area (Å²) in [4.78, 5) is 4.89. The van der Waals surface area contributed by atoms with Gasteiger partial charge in [-0.1, -0.05) is 17.3 Å². The van der Waals surface area contributed by atoms with E-state index in [1.54, 1.807) is 4.68 Å². The van der Waals surface area contributed by atoms with Crippen LogP contribution in [0, 0.1) is 12.8 Å². The number of sulfonamides is 1. The van der Waals surface area contributed by atoms with Gasteiger partial charge in [-0.05, 0) is 57.2 Å². The van der Waals surface area contributed by atoms with E-state index >= 15 is 0 Å². The first kappa shape index (κ1) is 23.9. The third kappa shape index (κ3) is 4.57. The Labute approximate surface area is 205 Å². The zero-order valence-electron chi connectivity index (χ0n) is 20.9. The van der Waals surface area contributed by atoms with Gasteiger partial charge in [0, 0.05) is 44.0 Å². The summed E-state index contributed by atoms with van der Waals surface area (Å²) in [5, 5.41) is 9.42. The van der Waals surface area contributed by atoms with E-state index in [1.807, 2.05) is 40.1 Å². The predicted octanol–water partition coefficient (Wildman–Crippen LogP) is 3.50. The van der Waals surface area contributed by atoms with Gasteiger partial charge in [-0.3, -0.25) is 4.98 Å². The molecule has 1 aliphatic heterocycles. The molecule has 0 radical (unpaired) electrons. The molecule has 9 nitrogen and oxygen atoms in total. The second-order valence-corrected chi connectivity index (χ2v) is 11.9. The Morgan fingerprint density at radius 3 is 2.57 bits per heavy atom. The average molecular weight is 497 g/mol. The Kier molecular flexibility index (Phi) is 5.93. The van der Waals surface area contributed by atoms with Crippen molar-refractivity contribution in [2.45, 2.75) is 45.7 Å². The average Bonchev–Trinajstić information content (AvgIpc) is 3.28. The molecule has 4 aromatic rings. The van der Waals surface area contributed by atoms with Gasteiger partial charge in [0.05, 0.1) is 39.7 Å². The summed E-state index contributed by atoms with van der Waals surface area (Å²) in [6, 6.07) is 8.32. The molecule has 186 valence electrons. The highest BCUT2D eigenvalue weighted by Crippen LogP contribution is 2.35. The quantitative estimate of drug-likeness (QED) is 0.438. The van der Waals surface area contributed by atoms with Gasteiger partial charge in [0.25, 0.3) is 0 Å². The van der Waals surface area contributed by atoms with Gasteiger partial charge in [0.2, 0.25) is 10.0 Å². The van der Waals surface area contributed by atoms with Crippen LogP contribution in [-0.4, -0.2) is 52.4 Å². The van der Waals surface area contributed by atoms with Crippen LogP contribution < -0.4 is 4.72 Å². The van der Waals surface area contributed by atoms with Crippen molar-refractivity contribution in [2.24, 2.45) is 13.0 Å². The molecule has 0 unspecified atom stereocenters. The maximum absolute atomic E-state index is 12.0. The summed E-state index contributed by atoms with van der Waals surface area (Å²) in [5.41, 5.74) is 5.96. The maximum atomic E-state index is 12.0. The van der Waals surface area contributed by atoms with Crippen LogP contribution >= 0.6 is 0 Å². The van der Waals surface area contributed by atoms with Gasteiger partial charge in [-0.25, -0.2) is 17.8 Å². The van der Waals surface area contributed by atoms with Crippen LogP contribution in [0.15, 0.2) is 30.5 Å². The molecule has 35 heavy (non-hydrogen) atoms. The van der Waals surface area contributed by atoms with Gasteiger partial charge in [0.15, 0.2) is 0 Å². The summed E-state index contributed by atoms with van der Waals surface area (Å²) in [6.45, 7) is 8.13. The van der Waals surface area contributed by atoms with Crippen molar-refractivity contribution in [3.8, 4) is 11.3 Å². The van der Waals surface area contributed by atoms with Crippen molar-refractivity contribution in [2.75, 3.05) is 19.5 Å². The fraction of sp³-hybridized carbons (Fsp3) is 0.480. The number of benzene rings is 1. The molecule has 0 saturated carbocycles. The lowest BCUT2D eigenvalue weighted by molar-refractivity contribution is 0.0620. The molecule has 4 heterocycles. The molecule has 1 aliphatic rings. The van der Waals surface area contributed by atoms with E-state index in [9.17, 15) is 8.42 Å². The van der Waals surface area contributed by atoms with Crippen LogP contribution in [0.2, 0.25) is 0 Å². The van der Waals surface area contributed by atoms with E-state index in [-0.39, 0.29) is 0 Å². The number of aromatic nitrogens is 5. The highest BCUT2D eigenvalue weighted by molar-refractivity contribution is 7.88. The molecule has 0 aliphatic carbocycles. The molecule has 10 heteroatoms. The van der Waals surface area contributed by atoms with Crippen molar-refractivity contribution in [1.29, 1.82) is 0 Å². The third-order valence-electron chi connectivity index (χ3n) is 6.91. The van der Waals surface area contributed by atoms with Crippen molar-refractivity contribution in [1.82, 2.24) is 29.3 Å². The molecular weight excluding hydrogens is 464 g/mol. The molecule has 0 bridgehead atoms. The van der Waals surface area contributed by atoms with Crippen molar-refractivity contribution in [3.05, 3.63) is 41.7 Å². The molecule has 5 rings (SSSR count). The van der Waals surface area contributed by atoms with E-state index in [4.69, 9.17) is 9.72 Å². The number of aryl methyl sites for hydroxylation is 2. The third-order valence-corrected chi connectivity index (χ3v) is 7.80. The molecule has 0 atom stereocenters. The fourth-order valence-electron chi connectivity index (χ4n) is 5.23. The van der Waals surface area contributed by atoms with Crippen LogP contribution in [-0.2, 0) is 33.9 Å². The van der Waals surface area contributed by atoms with Crippen LogP contribution in [0.25, 0.3) is 33.2 Å². The van der Waals surface area contributed by atoms with Gasteiger partial charge in [-0.15, -0.1) is 5.10 Å². The van der Waals surface area contributed by atoms with E-state index in [0.717, 1.165) is 77.1 Å². The minimum Gasteiger partial charge on any atom is -0.381 e. The SMILES string of the molecule is Cc1nnn(C)c1-c1cnc2c3ccc(C(C)(C)NS(C)(=O)=O)cc3n(CC3CCOCC3)c2c1. The topological polar surface area (TPSA) is 104 Å². The van der Waals surface area contributed by atoms with Gasteiger partial charge < -0.3 is 9.30 Å². The summed E-state index contributed by atoms with van der Waals surface area (Å²) >= 11 is 0. The summed E-state index contributed by atoms with van der Waals surface area (Å²) in [7, 11) is -1.49. The highest BCUT2D eigenvalue weighted by Gasteiger charge is 2.26. The number of pyridine rings is 1. The molecule has 0 amide bonds. The zero-order chi connectivity index (χ0) is 25.0. The number of hydrogen-bond donors (Lipinski definition) is 1. The lowest BCUT2D eigenvalue weighted by atomic mass is 9.94. The first-order valence-corrected chi connectivity index (χ1v) is 13.8. The van der Waals surface area contributed by atoms with E-state index in [2.05, 4.69) is 37.8 Å². The van der Waals surface area contributed by atoms with Crippen molar-refractivity contribution < 1.29 is 13.2 Å². The monoisotopic (exact) mass is 496 g/mol. The summed E-state index contributed by atoms with van der Waals surface area (Å²) < 4.78 is 36.5. The maximum Gasteiger partial charge on any atom is 0.209 e. The highest BCUT2D eigenvalue weighted by atomic mass is 32.2. The Morgan fingerprint density at radius 2 is 1.91 bits per heavy atom. The smallest absolute Gasteiger partial charge is 0.209 e. The first-order chi connectivity index (χ1) is 16.5. The summed E-state index contributed by atoms with van der Waals surface area (Å²) in [6.07, 6.45) is 5.10. The summed E-state index contributed by atoms with van der Waals surface area (Å²) in [5.74, 6) is 0.497. The normalized spacial score (nSPS) is 15.9. The Morgan fingerprint density at radius 1 is 1.17 bits per heavy atom. The molecular formula is C25H32N6O3S. The number of hydrogen-bond acceptors (Lipinski definition) is 6. The van der Waals surface area contributed by atoms with Crippen LogP contribution in [0.4, 0.5) is 0 Å². The van der Waals surface area contributed by atoms with Crippen LogP contribution in [0.1, 0.15) is 37.9 Å². The lowest BCUT2D eigenvalue weighted by Crippen LogP contribution is -2.40. The second kappa shape index (κ2) is 8.69. The van der Waals surface area contributed by atoms with E-state index < -0.39 is 15.6 Å². The number of nitrogens with one attached hydrogen (secondary N) is 1. The Balaban J connectivity index is 1.71. The van der Waals surface area contributed by atoms with Crippen molar-refractivity contribution >= 4 is 32.0 Å². The standard InChI is InChI=1S/C25H32N6O3S/c1-16-24(30(4)29-27-16)18-12-22-23(26-14-18)20-7-6-19(25(2,3)28-35(5,32)33)13-21(20)31(22)15-17-8-10-34-11-9-17/h6-7,12-14,17,28H,8-11,15H2,1-5H3. The fourth-order valence-corrected chi connectivity index (χ4v) is 6.28. The second-order valence-electron chi connectivity index (χ2n) is 10.1. The molecule has 0 spiro atoms. The van der Waals surface area contributed by atoms with Crippen molar-refractivity contribution in [3.63, 3.8) is 0 Å². The Bertz CT molecular complexity index is 1490. The Hall–Kier alpha value is -2.82. The molecule has 1 saturated heterocycles. The predicted molar refractivity (Wildman–Crippen MR) is 137 cm³/mol. The molecule has 1 fully saturated rings. The first-order valence-electron chi connectivity index (χ1n) is 11.9. The minimum atomic E-state index is -3.38. The minimum absolute atomic E-state index is 0.497. The number of fused-ring (bicyclic) bond motifs is 3.